The fourth-order valence-corrected chi connectivity index (χ4v) is 3.48. The molecule has 31 heavy (non-hydrogen) atoms. The molecule has 0 spiro atoms. The minimum Gasteiger partial charge on any atom is -0.457 e. The third kappa shape index (κ3) is 5.31. The van der Waals surface area contributed by atoms with E-state index in [2.05, 4.69) is 21.2 Å². The quantitative estimate of drug-likeness (QED) is 0.551. The fraction of sp³-hybridized carbons (Fsp3) is 0.167. The van der Waals surface area contributed by atoms with Gasteiger partial charge >= 0.3 is 0 Å². The number of halogens is 1. The zero-order valence-corrected chi connectivity index (χ0v) is 18.3. The molecule has 4 rings (SSSR count). The molecule has 1 saturated heterocycles. The zero-order chi connectivity index (χ0) is 21.6. The number of hydrogen-bond donors (Lipinski definition) is 1. The minimum atomic E-state index is -0.354. The van der Waals surface area contributed by atoms with Crippen molar-refractivity contribution in [2.45, 2.75) is 0 Å². The van der Waals surface area contributed by atoms with Gasteiger partial charge in [0.2, 0.25) is 0 Å². The van der Waals surface area contributed by atoms with Gasteiger partial charge in [-0.15, -0.1) is 0 Å². The number of amides is 2. The monoisotopic (exact) mass is 480 g/mol. The number of furan rings is 1. The Morgan fingerprint density at radius 3 is 2.35 bits per heavy atom. The van der Waals surface area contributed by atoms with Crippen LogP contribution in [0.15, 0.2) is 81.3 Å². The van der Waals surface area contributed by atoms with Crippen molar-refractivity contribution < 1.29 is 18.7 Å². The summed E-state index contributed by atoms with van der Waals surface area (Å²) in [5, 5.41) is 2.76. The summed E-state index contributed by atoms with van der Waals surface area (Å²) in [6.45, 7) is 1.89. The normalized spacial score (nSPS) is 14.4. The van der Waals surface area contributed by atoms with Crippen molar-refractivity contribution in [1.82, 2.24) is 10.2 Å². The van der Waals surface area contributed by atoms with E-state index in [1.807, 2.05) is 36.4 Å². The maximum Gasteiger partial charge on any atom is 0.270 e. The van der Waals surface area contributed by atoms with Gasteiger partial charge in [0.15, 0.2) is 0 Å². The number of ether oxygens (including phenoxy) is 1. The Morgan fingerprint density at radius 2 is 1.65 bits per heavy atom. The third-order valence-electron chi connectivity index (χ3n) is 4.86. The van der Waals surface area contributed by atoms with E-state index in [-0.39, 0.29) is 17.5 Å². The number of benzene rings is 2. The largest absolute Gasteiger partial charge is 0.457 e. The molecule has 1 fully saturated rings. The third-order valence-corrected chi connectivity index (χ3v) is 5.38. The molecule has 1 aliphatic rings. The van der Waals surface area contributed by atoms with E-state index in [0.717, 1.165) is 10.0 Å². The molecule has 2 aromatic carbocycles. The van der Waals surface area contributed by atoms with Gasteiger partial charge in [-0.3, -0.25) is 9.59 Å². The predicted molar refractivity (Wildman–Crippen MR) is 121 cm³/mol. The second-order valence-electron chi connectivity index (χ2n) is 6.99. The molecule has 2 amide bonds. The van der Waals surface area contributed by atoms with Crippen LogP contribution in [-0.4, -0.2) is 43.0 Å². The highest BCUT2D eigenvalue weighted by atomic mass is 79.9. The number of nitrogens with zero attached hydrogens (tertiary/aromatic N) is 1. The Hall–Kier alpha value is -3.16. The Balaban J connectivity index is 1.61. The summed E-state index contributed by atoms with van der Waals surface area (Å²) in [4.78, 5) is 27.5. The summed E-state index contributed by atoms with van der Waals surface area (Å²) in [5.41, 5.74) is 1.54. The second kappa shape index (κ2) is 9.76. The Labute approximate surface area is 188 Å². The Kier molecular flexibility index (Phi) is 6.64. The molecule has 158 valence electrons. The molecule has 0 unspecified atom stereocenters. The van der Waals surface area contributed by atoms with Crippen molar-refractivity contribution in [3.05, 3.63) is 88.2 Å². The summed E-state index contributed by atoms with van der Waals surface area (Å²) < 4.78 is 12.2. The lowest BCUT2D eigenvalue weighted by molar-refractivity contribution is -0.131. The number of carbonyl (C=O) groups is 2. The van der Waals surface area contributed by atoms with Crippen LogP contribution >= 0.6 is 15.9 Å². The van der Waals surface area contributed by atoms with Gasteiger partial charge in [-0.1, -0.05) is 46.3 Å². The molecular weight excluding hydrogens is 460 g/mol. The van der Waals surface area contributed by atoms with Gasteiger partial charge in [-0.05, 0) is 36.4 Å². The SMILES string of the molecule is O=C(NC(=Cc1ccc(-c2ccc(Br)cc2)o1)C(=O)N1CCOCC1)c1ccccc1. The number of carbonyl (C=O) groups excluding carboxylic acids is 2. The van der Waals surface area contributed by atoms with Crippen molar-refractivity contribution in [2.75, 3.05) is 26.3 Å². The van der Waals surface area contributed by atoms with Crippen molar-refractivity contribution >= 4 is 33.8 Å². The summed E-state index contributed by atoms with van der Waals surface area (Å²) in [5.74, 6) is 0.525. The van der Waals surface area contributed by atoms with Gasteiger partial charge in [0.25, 0.3) is 11.8 Å². The predicted octanol–water partition coefficient (Wildman–Crippen LogP) is 4.34. The van der Waals surface area contributed by atoms with Crippen LogP contribution in [0.1, 0.15) is 16.1 Å². The molecule has 2 heterocycles. The molecule has 0 aliphatic carbocycles. The summed E-state index contributed by atoms with van der Waals surface area (Å²) in [6.07, 6.45) is 1.57. The lowest BCUT2D eigenvalue weighted by Crippen LogP contribution is -2.44. The van der Waals surface area contributed by atoms with Crippen molar-refractivity contribution in [3.63, 3.8) is 0 Å². The molecule has 1 aliphatic heterocycles. The topological polar surface area (TPSA) is 71.8 Å². The fourth-order valence-electron chi connectivity index (χ4n) is 3.21. The van der Waals surface area contributed by atoms with Crippen LogP contribution in [0.4, 0.5) is 0 Å². The van der Waals surface area contributed by atoms with E-state index in [1.165, 1.54) is 0 Å². The molecular formula is C24H21BrN2O4. The summed E-state index contributed by atoms with van der Waals surface area (Å²) in [6, 6.07) is 20.1. The van der Waals surface area contributed by atoms with Gasteiger partial charge in [-0.25, -0.2) is 0 Å². The first-order chi connectivity index (χ1) is 15.1. The second-order valence-corrected chi connectivity index (χ2v) is 7.91. The summed E-state index contributed by atoms with van der Waals surface area (Å²) in [7, 11) is 0. The first-order valence-electron chi connectivity index (χ1n) is 9.91. The molecule has 0 atom stereocenters. The van der Waals surface area contributed by atoms with Gasteiger partial charge in [-0.2, -0.15) is 0 Å². The van der Waals surface area contributed by atoms with Crippen LogP contribution in [-0.2, 0) is 9.53 Å². The first kappa shape index (κ1) is 21.1. The number of morpholine rings is 1. The van der Waals surface area contributed by atoms with E-state index < -0.39 is 0 Å². The highest BCUT2D eigenvalue weighted by molar-refractivity contribution is 9.10. The summed E-state index contributed by atoms with van der Waals surface area (Å²) >= 11 is 3.42. The lowest BCUT2D eigenvalue weighted by atomic mass is 10.2. The highest BCUT2D eigenvalue weighted by Gasteiger charge is 2.23. The van der Waals surface area contributed by atoms with Crippen LogP contribution in [0, 0.1) is 0 Å². The lowest BCUT2D eigenvalue weighted by Gasteiger charge is -2.27. The van der Waals surface area contributed by atoms with Crippen LogP contribution in [0.5, 0.6) is 0 Å². The molecule has 0 radical (unpaired) electrons. The Bertz CT molecular complexity index is 1080. The van der Waals surface area contributed by atoms with Crippen LogP contribution in [0.25, 0.3) is 17.4 Å². The van der Waals surface area contributed by atoms with Gasteiger partial charge < -0.3 is 19.4 Å². The zero-order valence-electron chi connectivity index (χ0n) is 16.7. The van der Waals surface area contributed by atoms with Crippen LogP contribution in [0.3, 0.4) is 0 Å². The van der Waals surface area contributed by atoms with Gasteiger partial charge in [0, 0.05) is 34.8 Å². The maximum atomic E-state index is 13.1. The smallest absolute Gasteiger partial charge is 0.270 e. The van der Waals surface area contributed by atoms with E-state index >= 15 is 0 Å². The van der Waals surface area contributed by atoms with E-state index in [0.29, 0.717) is 43.4 Å². The van der Waals surface area contributed by atoms with Crippen molar-refractivity contribution in [3.8, 4) is 11.3 Å². The van der Waals surface area contributed by atoms with Crippen LogP contribution in [0.2, 0.25) is 0 Å². The molecule has 1 aromatic heterocycles. The maximum absolute atomic E-state index is 13.1. The van der Waals surface area contributed by atoms with Gasteiger partial charge in [0.1, 0.15) is 17.2 Å². The average molecular weight is 481 g/mol. The van der Waals surface area contributed by atoms with E-state index in [1.54, 1.807) is 41.3 Å². The van der Waals surface area contributed by atoms with Crippen LogP contribution < -0.4 is 5.32 Å². The van der Waals surface area contributed by atoms with Crippen molar-refractivity contribution in [1.29, 1.82) is 0 Å². The molecule has 0 bridgehead atoms. The minimum absolute atomic E-state index is 0.160. The Morgan fingerprint density at radius 1 is 0.935 bits per heavy atom. The molecule has 0 saturated carbocycles. The van der Waals surface area contributed by atoms with Crippen molar-refractivity contribution in [2.24, 2.45) is 0 Å². The van der Waals surface area contributed by atoms with E-state index in [9.17, 15) is 9.59 Å². The standard InChI is InChI=1S/C24H21BrN2O4/c25-19-8-6-17(7-9-19)22-11-10-20(31-22)16-21(24(29)27-12-14-30-15-13-27)26-23(28)18-4-2-1-3-5-18/h1-11,16H,12-15H2,(H,26,28). The highest BCUT2D eigenvalue weighted by Crippen LogP contribution is 2.25. The number of hydrogen-bond acceptors (Lipinski definition) is 4. The number of rotatable bonds is 5. The first-order valence-corrected chi connectivity index (χ1v) is 10.7. The van der Waals surface area contributed by atoms with E-state index in [4.69, 9.17) is 9.15 Å². The molecule has 7 heteroatoms. The molecule has 1 N–H and O–H groups in total. The average Bonchev–Trinajstić information content (AvgIpc) is 3.28. The van der Waals surface area contributed by atoms with Gasteiger partial charge in [0.05, 0.1) is 13.2 Å². The number of nitrogens with one attached hydrogen (secondary N) is 1. The molecule has 6 nitrogen and oxygen atoms in total. The molecule has 3 aromatic rings.